The van der Waals surface area contributed by atoms with Crippen LogP contribution in [0.2, 0.25) is 17.3 Å². The van der Waals surface area contributed by atoms with Crippen molar-refractivity contribution in [1.82, 2.24) is 0 Å². The molecule has 0 N–H and O–H groups in total. The summed E-state index contributed by atoms with van der Waals surface area (Å²) in [7, 11) is 0. The van der Waals surface area contributed by atoms with E-state index in [2.05, 4.69) is 29.4 Å². The Balaban J connectivity index is 2.90. The summed E-state index contributed by atoms with van der Waals surface area (Å²) in [6.07, 6.45) is 8.33. The van der Waals surface area contributed by atoms with Crippen LogP contribution in [0.5, 0.6) is 0 Å². The second-order valence-electron chi connectivity index (χ2n) is 3.74. The van der Waals surface area contributed by atoms with Crippen LogP contribution in [0, 0.1) is 0 Å². The molecule has 0 saturated carbocycles. The van der Waals surface area contributed by atoms with Gasteiger partial charge < -0.3 is 0 Å². The molecule has 0 radical (unpaired) electrons. The number of allylic oxidation sites excluding steroid dienone is 4. The molecule has 1 aliphatic rings. The predicted octanol–water partition coefficient (Wildman–Crippen LogP) is 2.97. The molecule has 0 unspecified atom stereocenters. The van der Waals surface area contributed by atoms with Gasteiger partial charge in [0, 0.05) is 0 Å². The van der Waals surface area contributed by atoms with Gasteiger partial charge in [0.05, 0.1) is 0 Å². The SMILES string of the molecule is [CH3][Ge]([CH3])([CH3])[C]1(Cl)C=CC=C1. The average molecular weight is 217 g/mol. The Morgan fingerprint density at radius 3 is 1.70 bits per heavy atom. The van der Waals surface area contributed by atoms with Crippen LogP contribution in [0.4, 0.5) is 0 Å². The Bertz CT molecular complexity index is 174. The van der Waals surface area contributed by atoms with Crippen LogP contribution >= 0.6 is 11.6 Å². The van der Waals surface area contributed by atoms with Crippen molar-refractivity contribution in [3.63, 3.8) is 0 Å². The Hall–Kier alpha value is 0.313. The summed E-state index contributed by atoms with van der Waals surface area (Å²) in [5.41, 5.74) is 0. The molecule has 0 heterocycles. The number of hydrogen-bond acceptors (Lipinski definition) is 0. The summed E-state index contributed by atoms with van der Waals surface area (Å²) in [5.74, 6) is 6.98. The second-order valence-corrected chi connectivity index (χ2v) is 16.2. The molecule has 0 spiro atoms. The summed E-state index contributed by atoms with van der Waals surface area (Å²) in [6.45, 7) is 0. The molecule has 0 aromatic carbocycles. The molecule has 56 valence electrons. The Morgan fingerprint density at radius 2 is 1.50 bits per heavy atom. The van der Waals surface area contributed by atoms with Gasteiger partial charge in [-0.3, -0.25) is 0 Å². The standard InChI is InChI=1S/C8H13ClGe/c1-10(2,3)8(9)6-4-5-7-8/h4-7H,1-3H3. The first kappa shape index (κ1) is 8.41. The summed E-state index contributed by atoms with van der Waals surface area (Å²) >= 11 is 4.62. The zero-order chi connectivity index (χ0) is 7.83. The first-order valence-corrected chi connectivity index (χ1v) is 11.2. The van der Waals surface area contributed by atoms with Gasteiger partial charge in [0.15, 0.2) is 0 Å². The van der Waals surface area contributed by atoms with E-state index in [0.717, 1.165) is 0 Å². The fraction of sp³-hybridized carbons (Fsp3) is 0.500. The van der Waals surface area contributed by atoms with Crippen molar-refractivity contribution in [2.75, 3.05) is 0 Å². The third kappa shape index (κ3) is 1.33. The van der Waals surface area contributed by atoms with Gasteiger partial charge in [-0.1, -0.05) is 0 Å². The van der Waals surface area contributed by atoms with Gasteiger partial charge in [-0.2, -0.15) is 0 Å². The Kier molecular flexibility index (Phi) is 2.03. The molecule has 0 amide bonds. The van der Waals surface area contributed by atoms with E-state index >= 15 is 0 Å². The molecular formula is C8H13ClGe. The van der Waals surface area contributed by atoms with E-state index in [1.807, 2.05) is 12.2 Å². The maximum absolute atomic E-state index is 6.36. The van der Waals surface area contributed by atoms with Gasteiger partial charge in [-0.15, -0.1) is 0 Å². The van der Waals surface area contributed by atoms with Gasteiger partial charge in [0.2, 0.25) is 0 Å². The normalized spacial score (nSPS) is 22.0. The van der Waals surface area contributed by atoms with Crippen LogP contribution in [0.3, 0.4) is 0 Å². The van der Waals surface area contributed by atoms with Gasteiger partial charge in [-0.05, 0) is 0 Å². The minimum atomic E-state index is -1.73. The van der Waals surface area contributed by atoms with Crippen LogP contribution in [-0.4, -0.2) is 17.0 Å². The third-order valence-electron chi connectivity index (χ3n) is 1.94. The fourth-order valence-electron chi connectivity index (χ4n) is 0.947. The molecule has 0 aromatic rings. The average Bonchev–Trinajstić information content (AvgIpc) is 2.13. The van der Waals surface area contributed by atoms with Gasteiger partial charge in [-0.25, -0.2) is 0 Å². The van der Waals surface area contributed by atoms with Crippen LogP contribution in [0.15, 0.2) is 24.3 Å². The van der Waals surface area contributed by atoms with Crippen molar-refractivity contribution in [2.45, 2.75) is 21.0 Å². The molecule has 2 heteroatoms. The maximum atomic E-state index is 6.36. The van der Waals surface area contributed by atoms with Crippen molar-refractivity contribution in [3.05, 3.63) is 24.3 Å². The number of halogens is 1. The molecule has 0 aliphatic heterocycles. The Labute approximate surface area is 70.3 Å². The first-order valence-electron chi connectivity index (χ1n) is 3.52. The summed E-state index contributed by atoms with van der Waals surface area (Å²) in [4.78, 5) is 0. The van der Waals surface area contributed by atoms with Crippen LogP contribution in [0.1, 0.15) is 0 Å². The quantitative estimate of drug-likeness (QED) is 0.468. The van der Waals surface area contributed by atoms with E-state index in [4.69, 9.17) is 11.6 Å². The molecule has 0 aromatic heterocycles. The van der Waals surface area contributed by atoms with Gasteiger partial charge in [0.1, 0.15) is 0 Å². The fourth-order valence-corrected chi connectivity index (χ4v) is 3.59. The molecule has 0 fully saturated rings. The van der Waals surface area contributed by atoms with Gasteiger partial charge >= 0.3 is 70.1 Å². The van der Waals surface area contributed by atoms with E-state index in [1.54, 1.807) is 0 Å². The van der Waals surface area contributed by atoms with Crippen molar-refractivity contribution in [1.29, 1.82) is 0 Å². The van der Waals surface area contributed by atoms with Crippen LogP contribution in [-0.2, 0) is 0 Å². The zero-order valence-electron chi connectivity index (χ0n) is 6.69. The molecule has 1 aliphatic carbocycles. The van der Waals surface area contributed by atoms with E-state index in [9.17, 15) is 0 Å². The predicted molar refractivity (Wildman–Crippen MR) is 50.2 cm³/mol. The van der Waals surface area contributed by atoms with E-state index in [1.165, 1.54) is 0 Å². The summed E-state index contributed by atoms with van der Waals surface area (Å²) < 4.78 is -0.0694. The molecule has 10 heavy (non-hydrogen) atoms. The number of hydrogen-bond donors (Lipinski definition) is 0. The van der Waals surface area contributed by atoms with Crippen LogP contribution in [0.25, 0.3) is 0 Å². The van der Waals surface area contributed by atoms with Crippen molar-refractivity contribution < 1.29 is 0 Å². The monoisotopic (exact) mass is 218 g/mol. The zero-order valence-corrected chi connectivity index (χ0v) is 9.54. The Morgan fingerprint density at radius 1 is 1.10 bits per heavy atom. The topological polar surface area (TPSA) is 0 Å². The third-order valence-corrected chi connectivity index (χ3v) is 10.7. The molecular weight excluding hydrogens is 204 g/mol. The molecule has 1 rings (SSSR count). The first-order chi connectivity index (χ1) is 4.46. The van der Waals surface area contributed by atoms with Crippen molar-refractivity contribution in [3.8, 4) is 0 Å². The second kappa shape index (κ2) is 2.42. The molecule has 0 atom stereocenters. The molecule has 0 bridgehead atoms. The number of alkyl halides is 1. The molecule has 0 saturated heterocycles. The van der Waals surface area contributed by atoms with Crippen molar-refractivity contribution in [2.24, 2.45) is 0 Å². The number of rotatable bonds is 1. The van der Waals surface area contributed by atoms with Crippen molar-refractivity contribution >= 4 is 24.9 Å². The summed E-state index contributed by atoms with van der Waals surface area (Å²) in [6, 6.07) is 0. The van der Waals surface area contributed by atoms with Crippen LogP contribution < -0.4 is 0 Å². The minimum absolute atomic E-state index is 0.0694. The summed E-state index contributed by atoms with van der Waals surface area (Å²) in [5, 5.41) is 0. The van der Waals surface area contributed by atoms with E-state index < -0.39 is 13.3 Å². The van der Waals surface area contributed by atoms with Gasteiger partial charge in [0.25, 0.3) is 0 Å². The molecule has 0 nitrogen and oxygen atoms in total. The van der Waals surface area contributed by atoms with E-state index in [-0.39, 0.29) is 3.71 Å². The van der Waals surface area contributed by atoms with E-state index in [0.29, 0.717) is 0 Å².